The highest BCUT2D eigenvalue weighted by Gasteiger charge is 2.38. The summed E-state index contributed by atoms with van der Waals surface area (Å²) in [5.74, 6) is 1.49. The quantitative estimate of drug-likeness (QED) is 0.462. The second kappa shape index (κ2) is 6.94. The van der Waals surface area contributed by atoms with E-state index in [1.807, 2.05) is 36.5 Å². The van der Waals surface area contributed by atoms with Gasteiger partial charge in [0.2, 0.25) is 0 Å². The molecule has 0 radical (unpaired) electrons. The number of nitrogens with one attached hydrogen (secondary N) is 2. The molecule has 1 amide bonds. The molecule has 0 unspecified atom stereocenters. The zero-order chi connectivity index (χ0) is 20.9. The van der Waals surface area contributed by atoms with E-state index in [0.717, 1.165) is 52.9 Å². The predicted octanol–water partition coefficient (Wildman–Crippen LogP) is 4.05. The molecule has 1 aromatic carbocycles. The predicted molar refractivity (Wildman–Crippen MR) is 116 cm³/mol. The third-order valence-corrected chi connectivity index (χ3v) is 6.58. The second-order valence-corrected chi connectivity index (χ2v) is 8.28. The lowest BCUT2D eigenvalue weighted by molar-refractivity contribution is 0.0937. The smallest absolute Gasteiger partial charge is 0.255 e. The highest BCUT2D eigenvalue weighted by Crippen LogP contribution is 2.41. The first-order valence-corrected chi connectivity index (χ1v) is 10.7. The molecule has 5 aromatic rings. The number of amides is 1. The number of nitrogens with zero attached hydrogens (tertiary/aromatic N) is 4. The normalized spacial score (nSPS) is 21.4. The van der Waals surface area contributed by atoms with Crippen molar-refractivity contribution in [2.24, 2.45) is 5.92 Å². The van der Waals surface area contributed by atoms with Crippen molar-refractivity contribution in [2.75, 3.05) is 0 Å². The summed E-state index contributed by atoms with van der Waals surface area (Å²) in [7, 11) is 0. The molecule has 156 valence electrons. The number of hydrogen-bond donors (Lipinski definition) is 2. The molecule has 4 heterocycles. The summed E-state index contributed by atoms with van der Waals surface area (Å²) in [6.07, 6.45) is 7.93. The SMILES string of the molecule is CC[C@@H]1C[C@H](NC(=O)c2coc3ccccc23)C[C@@H]1c1nnc2cnc3[nH]ccc3n12. The Balaban J connectivity index is 1.30. The molecule has 6 rings (SSSR count). The number of furan rings is 1. The minimum atomic E-state index is -0.0891. The molecular weight excluding hydrogens is 392 g/mol. The zero-order valence-corrected chi connectivity index (χ0v) is 17.1. The van der Waals surface area contributed by atoms with E-state index < -0.39 is 0 Å². The van der Waals surface area contributed by atoms with Gasteiger partial charge in [0.15, 0.2) is 11.3 Å². The van der Waals surface area contributed by atoms with Gasteiger partial charge in [0.05, 0.1) is 17.3 Å². The Hall–Kier alpha value is -3.68. The van der Waals surface area contributed by atoms with Crippen LogP contribution in [0.15, 0.2) is 53.4 Å². The molecule has 0 aliphatic heterocycles. The van der Waals surface area contributed by atoms with Gasteiger partial charge in [-0.2, -0.15) is 0 Å². The van der Waals surface area contributed by atoms with Gasteiger partial charge < -0.3 is 14.7 Å². The molecule has 31 heavy (non-hydrogen) atoms. The van der Waals surface area contributed by atoms with Crippen molar-refractivity contribution in [3.63, 3.8) is 0 Å². The highest BCUT2D eigenvalue weighted by molar-refractivity contribution is 6.06. The van der Waals surface area contributed by atoms with Crippen molar-refractivity contribution in [3.05, 3.63) is 60.4 Å². The number of H-pyrrole nitrogens is 1. The maximum Gasteiger partial charge on any atom is 0.255 e. The van der Waals surface area contributed by atoms with Crippen molar-refractivity contribution in [2.45, 2.75) is 38.1 Å². The molecule has 2 N–H and O–H groups in total. The maximum atomic E-state index is 13.0. The standard InChI is InChI=1S/C23H22N6O2/c1-2-13-9-14(26-23(30)17-12-31-19-6-4-3-5-15(17)19)10-16(13)22-28-27-20-11-25-21-18(29(20)22)7-8-24-21/h3-8,11-14,16,24H,2,9-10H2,1H3,(H,26,30)/t13-,14+,16+/m1/s1. The molecule has 0 spiro atoms. The van der Waals surface area contributed by atoms with E-state index in [1.165, 1.54) is 0 Å². The van der Waals surface area contributed by atoms with E-state index in [-0.39, 0.29) is 17.9 Å². The number of carbonyl (C=O) groups is 1. The average Bonchev–Trinajstić information content (AvgIpc) is 3.56. The number of hydrogen-bond acceptors (Lipinski definition) is 5. The molecule has 1 aliphatic carbocycles. The first kappa shape index (κ1) is 18.1. The topological polar surface area (TPSA) is 101 Å². The van der Waals surface area contributed by atoms with Crippen molar-refractivity contribution >= 4 is 33.7 Å². The van der Waals surface area contributed by atoms with Crippen LogP contribution in [0.2, 0.25) is 0 Å². The molecular formula is C23H22N6O2. The van der Waals surface area contributed by atoms with Crippen molar-refractivity contribution in [1.29, 1.82) is 0 Å². The van der Waals surface area contributed by atoms with Crippen molar-refractivity contribution in [1.82, 2.24) is 29.9 Å². The molecule has 1 fully saturated rings. The van der Waals surface area contributed by atoms with Crippen LogP contribution in [0.4, 0.5) is 0 Å². The summed E-state index contributed by atoms with van der Waals surface area (Å²) in [5, 5.41) is 13.0. The summed E-state index contributed by atoms with van der Waals surface area (Å²) in [4.78, 5) is 20.6. The van der Waals surface area contributed by atoms with Gasteiger partial charge in [-0.3, -0.25) is 9.20 Å². The fourth-order valence-corrected chi connectivity index (χ4v) is 5.07. The van der Waals surface area contributed by atoms with Crippen LogP contribution >= 0.6 is 0 Å². The van der Waals surface area contributed by atoms with Crippen LogP contribution in [0.1, 0.15) is 48.3 Å². The Kier molecular flexibility index (Phi) is 4.05. The molecule has 1 saturated carbocycles. The first-order chi connectivity index (χ1) is 15.2. The molecule has 0 bridgehead atoms. The van der Waals surface area contributed by atoms with Crippen molar-refractivity contribution in [3.8, 4) is 0 Å². The Morgan fingerprint density at radius 3 is 3.06 bits per heavy atom. The molecule has 3 atom stereocenters. The monoisotopic (exact) mass is 414 g/mol. The van der Waals surface area contributed by atoms with Crippen LogP contribution in [-0.2, 0) is 0 Å². The summed E-state index contributed by atoms with van der Waals surface area (Å²) >= 11 is 0. The van der Waals surface area contributed by atoms with Gasteiger partial charge >= 0.3 is 0 Å². The second-order valence-electron chi connectivity index (χ2n) is 8.28. The van der Waals surface area contributed by atoms with Gasteiger partial charge in [-0.25, -0.2) is 4.98 Å². The van der Waals surface area contributed by atoms with E-state index in [9.17, 15) is 4.79 Å². The van der Waals surface area contributed by atoms with Crippen LogP contribution in [0.3, 0.4) is 0 Å². The summed E-state index contributed by atoms with van der Waals surface area (Å²) in [5.41, 5.74) is 3.85. The Morgan fingerprint density at radius 1 is 1.26 bits per heavy atom. The van der Waals surface area contributed by atoms with E-state index in [0.29, 0.717) is 11.5 Å². The Labute approximate surface area is 177 Å². The van der Waals surface area contributed by atoms with Gasteiger partial charge in [-0.15, -0.1) is 10.2 Å². The average molecular weight is 414 g/mol. The van der Waals surface area contributed by atoms with Gasteiger partial charge in [-0.05, 0) is 30.9 Å². The number of fused-ring (bicyclic) bond motifs is 4. The Morgan fingerprint density at radius 2 is 2.16 bits per heavy atom. The fourth-order valence-electron chi connectivity index (χ4n) is 5.07. The molecule has 4 aromatic heterocycles. The highest BCUT2D eigenvalue weighted by atomic mass is 16.3. The van der Waals surface area contributed by atoms with Crippen LogP contribution in [0, 0.1) is 5.92 Å². The van der Waals surface area contributed by atoms with Crippen LogP contribution < -0.4 is 5.32 Å². The fraction of sp³-hybridized carbons (Fsp3) is 0.304. The first-order valence-electron chi connectivity index (χ1n) is 10.7. The maximum absolute atomic E-state index is 13.0. The van der Waals surface area contributed by atoms with Crippen LogP contribution in [0.5, 0.6) is 0 Å². The van der Waals surface area contributed by atoms with E-state index in [2.05, 4.69) is 36.8 Å². The number of aromatic amines is 1. The molecule has 8 heteroatoms. The zero-order valence-electron chi connectivity index (χ0n) is 17.1. The summed E-state index contributed by atoms with van der Waals surface area (Å²) < 4.78 is 7.64. The largest absolute Gasteiger partial charge is 0.463 e. The number of benzene rings is 1. The molecule has 8 nitrogen and oxygen atoms in total. The van der Waals surface area contributed by atoms with Gasteiger partial charge in [0.1, 0.15) is 17.7 Å². The van der Waals surface area contributed by atoms with E-state index >= 15 is 0 Å². The van der Waals surface area contributed by atoms with E-state index in [4.69, 9.17) is 4.42 Å². The van der Waals surface area contributed by atoms with Gasteiger partial charge in [0.25, 0.3) is 5.91 Å². The third kappa shape index (κ3) is 2.82. The van der Waals surface area contributed by atoms with Gasteiger partial charge in [-0.1, -0.05) is 31.5 Å². The Bertz CT molecular complexity index is 1410. The number of para-hydroxylation sites is 1. The number of aromatic nitrogens is 5. The minimum Gasteiger partial charge on any atom is -0.463 e. The van der Waals surface area contributed by atoms with Crippen LogP contribution in [-0.4, -0.2) is 36.5 Å². The third-order valence-electron chi connectivity index (χ3n) is 6.58. The lowest BCUT2D eigenvalue weighted by Gasteiger charge is -2.15. The molecule has 0 saturated heterocycles. The lowest BCUT2D eigenvalue weighted by Crippen LogP contribution is -2.33. The summed E-state index contributed by atoms with van der Waals surface area (Å²) in [6, 6.07) is 9.69. The lowest BCUT2D eigenvalue weighted by atomic mass is 9.93. The minimum absolute atomic E-state index is 0.0759. The number of rotatable bonds is 4. The molecule has 1 aliphatic rings. The van der Waals surface area contributed by atoms with Crippen LogP contribution in [0.25, 0.3) is 27.8 Å². The summed E-state index contributed by atoms with van der Waals surface area (Å²) in [6.45, 7) is 2.20. The van der Waals surface area contributed by atoms with Gasteiger partial charge in [0, 0.05) is 23.5 Å². The number of carbonyl (C=O) groups excluding carboxylic acids is 1. The van der Waals surface area contributed by atoms with E-state index in [1.54, 1.807) is 12.5 Å². The van der Waals surface area contributed by atoms with Crippen molar-refractivity contribution < 1.29 is 9.21 Å².